The summed E-state index contributed by atoms with van der Waals surface area (Å²) in [5, 5.41) is 14.8. The van der Waals surface area contributed by atoms with Gasteiger partial charge in [0, 0.05) is 28.9 Å². The zero-order valence-corrected chi connectivity index (χ0v) is 15.5. The van der Waals surface area contributed by atoms with E-state index in [9.17, 15) is 0 Å². The summed E-state index contributed by atoms with van der Waals surface area (Å²) in [6, 6.07) is 15.5. The number of nitrogens with one attached hydrogen (secondary N) is 1. The smallest absolute Gasteiger partial charge is 0.149 e. The molecule has 0 aliphatic rings. The lowest BCUT2D eigenvalue weighted by Gasteiger charge is -2.05. The second-order valence-corrected chi connectivity index (χ2v) is 6.63. The molecule has 4 aromatic rings. The number of rotatable bonds is 6. The highest BCUT2D eigenvalue weighted by atomic mass is 32.1. The fraction of sp³-hybridized carbons (Fsp3) is 0.100. The lowest BCUT2D eigenvalue weighted by Crippen LogP contribution is -2.03. The van der Waals surface area contributed by atoms with Crippen molar-refractivity contribution in [3.63, 3.8) is 0 Å². The van der Waals surface area contributed by atoms with Crippen molar-refractivity contribution in [3.8, 4) is 27.6 Å². The van der Waals surface area contributed by atoms with Crippen LogP contribution in [-0.2, 0) is 6.54 Å². The maximum Gasteiger partial charge on any atom is 0.149 e. The molecule has 0 aliphatic heterocycles. The summed E-state index contributed by atoms with van der Waals surface area (Å²) < 4.78 is 5.17. The number of pyridine rings is 1. The maximum atomic E-state index is 5.17. The summed E-state index contributed by atoms with van der Waals surface area (Å²) >= 11 is 1.60. The summed E-state index contributed by atoms with van der Waals surface area (Å²) in [7, 11) is 1.65. The highest BCUT2D eigenvalue weighted by Crippen LogP contribution is 2.23. The summed E-state index contributed by atoms with van der Waals surface area (Å²) in [5.41, 5.74) is 3.79. The molecule has 1 N–H and O–H groups in total. The van der Waals surface area contributed by atoms with Crippen molar-refractivity contribution in [1.29, 1.82) is 0 Å². The van der Waals surface area contributed by atoms with E-state index in [4.69, 9.17) is 4.74 Å². The van der Waals surface area contributed by atoms with Gasteiger partial charge in [0.05, 0.1) is 25.0 Å². The van der Waals surface area contributed by atoms with Gasteiger partial charge in [-0.2, -0.15) is 0 Å². The Morgan fingerprint density at radius 1 is 1.00 bits per heavy atom. The zero-order chi connectivity index (χ0) is 18.5. The Hall–Kier alpha value is -3.32. The van der Waals surface area contributed by atoms with E-state index in [0.717, 1.165) is 33.3 Å². The monoisotopic (exact) mass is 375 g/mol. The molecule has 0 fully saturated rings. The van der Waals surface area contributed by atoms with Crippen molar-refractivity contribution in [2.45, 2.75) is 6.54 Å². The second-order valence-electron chi connectivity index (χ2n) is 5.77. The van der Waals surface area contributed by atoms with Crippen LogP contribution in [0.1, 0.15) is 5.69 Å². The van der Waals surface area contributed by atoms with Crippen molar-refractivity contribution in [3.05, 3.63) is 72.0 Å². The van der Waals surface area contributed by atoms with E-state index in [1.807, 2.05) is 60.1 Å². The Balaban J connectivity index is 1.39. The predicted octanol–water partition coefficient (Wildman–Crippen LogP) is 4.28. The van der Waals surface area contributed by atoms with Crippen LogP contribution < -0.4 is 10.1 Å². The van der Waals surface area contributed by atoms with E-state index < -0.39 is 0 Å². The standard InChI is InChI=1S/C20H17N5OS/c1-26-17-6-4-14(5-7-17)18-8-9-19(25-24-18)22-12-16-13-27-20(23-16)15-3-2-10-21-11-15/h2-11,13H,12H2,1H3,(H,22,25). The fourth-order valence-electron chi connectivity index (χ4n) is 2.53. The molecule has 0 atom stereocenters. The third-order valence-electron chi connectivity index (χ3n) is 3.96. The number of methoxy groups -OCH3 is 1. The molecule has 134 valence electrons. The van der Waals surface area contributed by atoms with Gasteiger partial charge in [-0.25, -0.2) is 4.98 Å². The number of hydrogen-bond acceptors (Lipinski definition) is 7. The molecule has 3 aromatic heterocycles. The van der Waals surface area contributed by atoms with Crippen molar-refractivity contribution < 1.29 is 4.74 Å². The van der Waals surface area contributed by atoms with Crippen LogP contribution in [0.4, 0.5) is 5.82 Å². The molecule has 0 amide bonds. The topological polar surface area (TPSA) is 72.8 Å². The Bertz CT molecular complexity index is 1000. The number of thiazole rings is 1. The Morgan fingerprint density at radius 2 is 1.89 bits per heavy atom. The predicted molar refractivity (Wildman–Crippen MR) is 107 cm³/mol. The van der Waals surface area contributed by atoms with Gasteiger partial charge in [-0.3, -0.25) is 4.98 Å². The Kier molecular flexibility index (Phi) is 5.02. The van der Waals surface area contributed by atoms with Crippen LogP contribution >= 0.6 is 11.3 Å². The third-order valence-corrected chi connectivity index (χ3v) is 4.90. The largest absolute Gasteiger partial charge is 0.497 e. The average Bonchev–Trinajstić information content (AvgIpc) is 3.22. The Labute approximate surface area is 160 Å². The number of benzene rings is 1. The van der Waals surface area contributed by atoms with Crippen molar-refractivity contribution in [1.82, 2.24) is 20.2 Å². The first-order chi connectivity index (χ1) is 13.3. The molecule has 0 unspecified atom stereocenters. The van der Waals surface area contributed by atoms with Crippen molar-refractivity contribution >= 4 is 17.2 Å². The summed E-state index contributed by atoms with van der Waals surface area (Å²) in [6.45, 7) is 0.591. The highest BCUT2D eigenvalue weighted by Gasteiger charge is 2.06. The van der Waals surface area contributed by atoms with Gasteiger partial charge in [0.15, 0.2) is 0 Å². The van der Waals surface area contributed by atoms with Gasteiger partial charge in [-0.15, -0.1) is 21.5 Å². The first kappa shape index (κ1) is 17.1. The summed E-state index contributed by atoms with van der Waals surface area (Å²) in [6.07, 6.45) is 3.58. The number of aromatic nitrogens is 4. The van der Waals surface area contributed by atoms with Crippen LogP contribution in [0.3, 0.4) is 0 Å². The van der Waals surface area contributed by atoms with Crippen LogP contribution in [0.15, 0.2) is 66.3 Å². The first-order valence-corrected chi connectivity index (χ1v) is 9.26. The van der Waals surface area contributed by atoms with Gasteiger partial charge >= 0.3 is 0 Å². The minimum atomic E-state index is 0.591. The minimum Gasteiger partial charge on any atom is -0.497 e. The quantitative estimate of drug-likeness (QED) is 0.542. The SMILES string of the molecule is COc1ccc(-c2ccc(NCc3csc(-c4cccnc4)n3)nn2)cc1. The van der Waals surface area contributed by atoms with E-state index in [1.165, 1.54) is 0 Å². The number of anilines is 1. The lowest BCUT2D eigenvalue weighted by molar-refractivity contribution is 0.415. The normalized spacial score (nSPS) is 10.6. The van der Waals surface area contributed by atoms with Crippen molar-refractivity contribution in [2.75, 3.05) is 12.4 Å². The van der Waals surface area contributed by atoms with Crippen LogP contribution in [0.5, 0.6) is 5.75 Å². The minimum absolute atomic E-state index is 0.591. The van der Waals surface area contributed by atoms with E-state index >= 15 is 0 Å². The maximum absolute atomic E-state index is 5.17. The molecule has 0 bridgehead atoms. The van der Waals surface area contributed by atoms with E-state index in [2.05, 4.69) is 25.5 Å². The van der Waals surface area contributed by atoms with E-state index in [1.54, 1.807) is 24.6 Å². The number of ether oxygens (including phenoxy) is 1. The molecule has 0 saturated heterocycles. The van der Waals surface area contributed by atoms with Crippen LogP contribution in [0, 0.1) is 0 Å². The molecule has 0 radical (unpaired) electrons. The second kappa shape index (κ2) is 7.92. The number of nitrogens with zero attached hydrogens (tertiary/aromatic N) is 4. The molecule has 4 rings (SSSR count). The molecular weight excluding hydrogens is 358 g/mol. The molecule has 0 spiro atoms. The fourth-order valence-corrected chi connectivity index (χ4v) is 3.34. The molecule has 27 heavy (non-hydrogen) atoms. The van der Waals surface area contributed by atoms with Crippen molar-refractivity contribution in [2.24, 2.45) is 0 Å². The lowest BCUT2D eigenvalue weighted by atomic mass is 10.1. The molecule has 7 heteroatoms. The van der Waals surface area contributed by atoms with Gasteiger partial charge in [-0.1, -0.05) is 0 Å². The van der Waals surface area contributed by atoms with Gasteiger partial charge in [0.1, 0.15) is 16.6 Å². The Morgan fingerprint density at radius 3 is 2.59 bits per heavy atom. The molecule has 1 aromatic carbocycles. The summed E-state index contributed by atoms with van der Waals surface area (Å²) in [4.78, 5) is 8.77. The first-order valence-electron chi connectivity index (χ1n) is 8.38. The summed E-state index contributed by atoms with van der Waals surface area (Å²) in [5.74, 6) is 1.53. The van der Waals surface area contributed by atoms with E-state index in [0.29, 0.717) is 12.4 Å². The van der Waals surface area contributed by atoms with Crippen LogP contribution in [-0.4, -0.2) is 27.3 Å². The van der Waals surface area contributed by atoms with Crippen LogP contribution in [0.25, 0.3) is 21.8 Å². The molecule has 0 saturated carbocycles. The zero-order valence-electron chi connectivity index (χ0n) is 14.7. The third kappa shape index (κ3) is 4.09. The van der Waals surface area contributed by atoms with E-state index in [-0.39, 0.29) is 0 Å². The van der Waals surface area contributed by atoms with Gasteiger partial charge < -0.3 is 10.1 Å². The molecular formula is C20H17N5OS. The highest BCUT2D eigenvalue weighted by molar-refractivity contribution is 7.13. The average molecular weight is 375 g/mol. The molecule has 3 heterocycles. The van der Waals surface area contributed by atoms with Gasteiger partial charge in [0.25, 0.3) is 0 Å². The molecule has 0 aliphatic carbocycles. The van der Waals surface area contributed by atoms with Crippen LogP contribution in [0.2, 0.25) is 0 Å². The van der Waals surface area contributed by atoms with Gasteiger partial charge in [0.2, 0.25) is 0 Å². The number of hydrogen-bond donors (Lipinski definition) is 1. The van der Waals surface area contributed by atoms with Gasteiger partial charge in [-0.05, 0) is 48.5 Å². The molecule has 6 nitrogen and oxygen atoms in total.